The summed E-state index contributed by atoms with van der Waals surface area (Å²) in [7, 11) is 0. The molecule has 1 N–H and O–H groups in total. The van der Waals surface area contributed by atoms with Gasteiger partial charge < -0.3 is 5.11 Å². The molecule has 16 heavy (non-hydrogen) atoms. The normalized spacial score (nSPS) is 11.9. The summed E-state index contributed by atoms with van der Waals surface area (Å²) >= 11 is 0. The molecule has 0 aliphatic heterocycles. The van der Waals surface area contributed by atoms with Crippen LogP contribution >= 0.6 is 0 Å². The summed E-state index contributed by atoms with van der Waals surface area (Å²) in [6.45, 7) is 5.84. The van der Waals surface area contributed by atoms with Crippen LogP contribution in [0.2, 0.25) is 0 Å². The van der Waals surface area contributed by atoms with Crippen molar-refractivity contribution < 1.29 is 9.90 Å². The molecule has 84 valence electrons. The second-order valence-corrected chi connectivity index (χ2v) is 4.47. The molecule has 7 heteroatoms. The molecule has 0 aromatic carbocycles. The molecular formula is C9H11N5O2. The van der Waals surface area contributed by atoms with Crippen molar-refractivity contribution >= 4 is 11.7 Å². The van der Waals surface area contributed by atoms with E-state index in [0.29, 0.717) is 5.69 Å². The van der Waals surface area contributed by atoms with Gasteiger partial charge in [-0.05, 0) is 16.5 Å². The topological polar surface area (TPSA) is 93.3 Å². The van der Waals surface area contributed by atoms with E-state index in [1.807, 2.05) is 20.8 Å². The van der Waals surface area contributed by atoms with Gasteiger partial charge in [0, 0.05) is 5.41 Å². The zero-order valence-corrected chi connectivity index (χ0v) is 9.17. The largest absolute Gasteiger partial charge is 0.477 e. The maximum atomic E-state index is 11.0. The number of fused-ring (bicyclic) bond motifs is 1. The monoisotopic (exact) mass is 221 g/mol. The lowest BCUT2D eigenvalue weighted by Crippen LogP contribution is -2.18. The maximum absolute atomic E-state index is 11.0. The molecule has 2 aromatic rings. The number of aromatic nitrogens is 5. The van der Waals surface area contributed by atoms with Crippen LogP contribution in [0.3, 0.4) is 0 Å². The predicted molar refractivity (Wildman–Crippen MR) is 54.2 cm³/mol. The minimum absolute atomic E-state index is 0.0138. The van der Waals surface area contributed by atoms with Gasteiger partial charge in [-0.3, -0.25) is 0 Å². The molecule has 0 aliphatic carbocycles. The molecule has 0 radical (unpaired) electrons. The van der Waals surface area contributed by atoms with E-state index in [2.05, 4.69) is 20.5 Å². The first-order valence-electron chi connectivity index (χ1n) is 4.72. The fourth-order valence-electron chi connectivity index (χ4n) is 1.28. The van der Waals surface area contributed by atoms with Crippen LogP contribution < -0.4 is 0 Å². The lowest BCUT2D eigenvalue weighted by Gasteiger charge is -2.17. The number of rotatable bonds is 1. The quantitative estimate of drug-likeness (QED) is 0.754. The minimum atomic E-state index is -1.08. The van der Waals surface area contributed by atoms with Crippen molar-refractivity contribution in [2.24, 2.45) is 0 Å². The minimum Gasteiger partial charge on any atom is -0.477 e. The van der Waals surface area contributed by atoms with Gasteiger partial charge in [0.1, 0.15) is 0 Å². The zero-order chi connectivity index (χ0) is 11.9. The van der Waals surface area contributed by atoms with Crippen LogP contribution in [0.15, 0.2) is 6.07 Å². The maximum Gasteiger partial charge on any atom is 0.354 e. The molecule has 0 bridgehead atoms. The fourth-order valence-corrected chi connectivity index (χ4v) is 1.28. The van der Waals surface area contributed by atoms with Crippen LogP contribution in [-0.2, 0) is 5.41 Å². The summed E-state index contributed by atoms with van der Waals surface area (Å²) in [6, 6.07) is 1.49. The third-order valence-electron chi connectivity index (χ3n) is 2.16. The molecule has 2 heterocycles. The Bertz CT molecular complexity index is 555. The Morgan fingerprint density at radius 3 is 2.69 bits per heavy atom. The summed E-state index contributed by atoms with van der Waals surface area (Å²) in [5, 5.41) is 19.7. The van der Waals surface area contributed by atoms with Crippen molar-refractivity contribution in [1.29, 1.82) is 0 Å². The summed E-state index contributed by atoms with van der Waals surface area (Å²) in [5.41, 5.74) is 0.407. The molecule has 2 aromatic heterocycles. The van der Waals surface area contributed by atoms with Crippen molar-refractivity contribution in [3.05, 3.63) is 17.5 Å². The van der Waals surface area contributed by atoms with Crippen LogP contribution in [-0.4, -0.2) is 36.1 Å². The molecule has 0 saturated heterocycles. The van der Waals surface area contributed by atoms with Gasteiger partial charge >= 0.3 is 5.97 Å². The van der Waals surface area contributed by atoms with E-state index in [1.54, 1.807) is 0 Å². The molecular weight excluding hydrogens is 210 g/mol. The fraction of sp³-hybridized carbons (Fsp3) is 0.444. The Labute approximate surface area is 91.1 Å². The van der Waals surface area contributed by atoms with E-state index in [9.17, 15) is 4.79 Å². The summed E-state index contributed by atoms with van der Waals surface area (Å²) < 4.78 is 1.11. The first kappa shape index (κ1) is 10.5. The van der Waals surface area contributed by atoms with Crippen molar-refractivity contribution in [3.8, 4) is 0 Å². The van der Waals surface area contributed by atoms with E-state index in [0.717, 1.165) is 4.52 Å². The van der Waals surface area contributed by atoms with Gasteiger partial charge in [0.05, 0.1) is 5.69 Å². The number of nitrogens with zero attached hydrogens (tertiary/aromatic N) is 5. The third kappa shape index (κ3) is 1.60. The van der Waals surface area contributed by atoms with E-state index in [4.69, 9.17) is 5.11 Å². The van der Waals surface area contributed by atoms with Crippen LogP contribution in [0.25, 0.3) is 5.78 Å². The summed E-state index contributed by atoms with van der Waals surface area (Å²) in [5.74, 6) is -0.880. The van der Waals surface area contributed by atoms with Gasteiger partial charge in [-0.1, -0.05) is 25.9 Å². The second-order valence-electron chi connectivity index (χ2n) is 4.47. The van der Waals surface area contributed by atoms with Gasteiger partial charge in [0.15, 0.2) is 5.69 Å². The smallest absolute Gasteiger partial charge is 0.354 e. The number of carbonyl (C=O) groups is 1. The molecule has 0 unspecified atom stereocenters. The van der Waals surface area contributed by atoms with Crippen LogP contribution in [0.1, 0.15) is 37.0 Å². The number of hydrogen-bond acceptors (Lipinski definition) is 5. The SMILES string of the molecule is CC(C)(C)c1cc(C(=O)O)n2nnnc2n1. The number of carboxylic acids is 1. The molecule has 0 atom stereocenters. The van der Waals surface area contributed by atoms with Crippen molar-refractivity contribution in [3.63, 3.8) is 0 Å². The van der Waals surface area contributed by atoms with Crippen molar-refractivity contribution in [2.45, 2.75) is 26.2 Å². The van der Waals surface area contributed by atoms with Gasteiger partial charge in [0.2, 0.25) is 0 Å². The Morgan fingerprint density at radius 1 is 1.44 bits per heavy atom. The first-order valence-corrected chi connectivity index (χ1v) is 4.72. The molecule has 2 rings (SSSR count). The molecule has 0 aliphatic rings. The average molecular weight is 221 g/mol. The van der Waals surface area contributed by atoms with Crippen LogP contribution in [0, 0.1) is 0 Å². The molecule has 0 fully saturated rings. The van der Waals surface area contributed by atoms with Crippen molar-refractivity contribution in [1.82, 2.24) is 25.0 Å². The van der Waals surface area contributed by atoms with Gasteiger partial charge in [-0.25, -0.2) is 9.78 Å². The Kier molecular flexibility index (Phi) is 2.11. The highest BCUT2D eigenvalue weighted by molar-refractivity contribution is 5.86. The van der Waals surface area contributed by atoms with Crippen molar-refractivity contribution in [2.75, 3.05) is 0 Å². The number of hydrogen-bond donors (Lipinski definition) is 1. The third-order valence-corrected chi connectivity index (χ3v) is 2.16. The molecule has 0 amide bonds. The van der Waals surface area contributed by atoms with E-state index in [1.165, 1.54) is 6.07 Å². The Balaban J connectivity index is 2.76. The zero-order valence-electron chi connectivity index (χ0n) is 9.17. The highest BCUT2D eigenvalue weighted by atomic mass is 16.4. The molecule has 7 nitrogen and oxygen atoms in total. The van der Waals surface area contributed by atoms with E-state index in [-0.39, 0.29) is 16.9 Å². The van der Waals surface area contributed by atoms with Gasteiger partial charge in [0.25, 0.3) is 5.78 Å². The highest BCUT2D eigenvalue weighted by Gasteiger charge is 2.21. The summed E-state index contributed by atoms with van der Waals surface area (Å²) in [6.07, 6.45) is 0. The first-order chi connectivity index (χ1) is 7.39. The van der Waals surface area contributed by atoms with Crippen LogP contribution in [0.4, 0.5) is 0 Å². The van der Waals surface area contributed by atoms with Gasteiger partial charge in [-0.15, -0.1) is 0 Å². The molecule has 0 spiro atoms. The Hall–Kier alpha value is -2.05. The van der Waals surface area contributed by atoms with Gasteiger partial charge in [-0.2, -0.15) is 4.52 Å². The molecule has 0 saturated carbocycles. The van der Waals surface area contributed by atoms with E-state index < -0.39 is 5.97 Å². The number of aromatic carboxylic acids is 1. The summed E-state index contributed by atoms with van der Waals surface area (Å²) in [4.78, 5) is 15.3. The van der Waals surface area contributed by atoms with Crippen LogP contribution in [0.5, 0.6) is 0 Å². The standard InChI is InChI=1S/C9H11N5O2/c1-9(2,3)6-4-5(7(15)16)14-8(10-6)11-12-13-14/h4H,1-3H3,(H,15,16). The lowest BCUT2D eigenvalue weighted by atomic mass is 9.91. The Morgan fingerprint density at radius 2 is 2.12 bits per heavy atom. The number of tetrazole rings is 1. The number of carboxylic acid groups (broad SMARTS) is 1. The highest BCUT2D eigenvalue weighted by Crippen LogP contribution is 2.21. The van der Waals surface area contributed by atoms with E-state index >= 15 is 0 Å². The predicted octanol–water partition coefficient (Wildman–Crippen LogP) is 0.515. The lowest BCUT2D eigenvalue weighted by molar-refractivity contribution is 0.0686. The average Bonchev–Trinajstić information content (AvgIpc) is 2.61. The second kappa shape index (κ2) is 3.22.